The maximum atomic E-state index is 12.2. The minimum Gasteiger partial charge on any atom is -0.339 e. The zero-order valence-electron chi connectivity index (χ0n) is 13.8. The molecule has 2 aliphatic rings. The Hall–Kier alpha value is -1.10. The van der Waals surface area contributed by atoms with E-state index >= 15 is 0 Å². The first-order chi connectivity index (χ1) is 11.1. The number of nitrogens with zero attached hydrogens (tertiary/aromatic N) is 2. The molecule has 1 aromatic carbocycles. The molecule has 2 fully saturated rings. The minimum absolute atomic E-state index is 0.240. The van der Waals surface area contributed by atoms with E-state index in [1.807, 2.05) is 17.0 Å². The molecule has 1 unspecified atom stereocenters. The van der Waals surface area contributed by atoms with Crippen molar-refractivity contribution in [3.8, 4) is 0 Å². The highest BCUT2D eigenvalue weighted by atomic mass is 35.5. The van der Waals surface area contributed by atoms with Crippen LogP contribution in [0.4, 0.5) is 0 Å². The highest BCUT2D eigenvalue weighted by Crippen LogP contribution is 2.27. The standard InChI is InChI=1S/C18H26ClN3O/c1-14(16-4-6-17(19)7-5-16)21-8-10-22(11-9-21)18(23)13-20-12-15-2-3-15/h4-7,14-15,20H,2-3,8-13H2,1H3. The van der Waals surface area contributed by atoms with Gasteiger partial charge in [0, 0.05) is 37.2 Å². The van der Waals surface area contributed by atoms with Crippen molar-refractivity contribution >= 4 is 17.5 Å². The average molecular weight is 336 g/mol. The monoisotopic (exact) mass is 335 g/mol. The van der Waals surface area contributed by atoms with Gasteiger partial charge in [0.25, 0.3) is 0 Å². The third kappa shape index (κ3) is 4.69. The molecule has 1 heterocycles. The topological polar surface area (TPSA) is 35.6 Å². The summed E-state index contributed by atoms with van der Waals surface area (Å²) in [6.45, 7) is 7.21. The number of hydrogen-bond donors (Lipinski definition) is 1. The Morgan fingerprint density at radius 3 is 2.48 bits per heavy atom. The first-order valence-electron chi connectivity index (χ1n) is 8.61. The zero-order chi connectivity index (χ0) is 16.2. The summed E-state index contributed by atoms with van der Waals surface area (Å²) in [6, 6.07) is 8.42. The molecule has 1 N–H and O–H groups in total. The highest BCUT2D eigenvalue weighted by molar-refractivity contribution is 6.30. The average Bonchev–Trinajstić information content (AvgIpc) is 3.39. The molecule has 3 rings (SSSR count). The third-order valence-electron chi connectivity index (χ3n) is 4.97. The van der Waals surface area contributed by atoms with Gasteiger partial charge in [0.2, 0.25) is 5.91 Å². The number of carbonyl (C=O) groups is 1. The SMILES string of the molecule is CC(c1ccc(Cl)cc1)N1CCN(C(=O)CNCC2CC2)CC1. The van der Waals surface area contributed by atoms with Crippen molar-refractivity contribution in [3.05, 3.63) is 34.9 Å². The van der Waals surface area contributed by atoms with Crippen molar-refractivity contribution in [2.24, 2.45) is 5.92 Å². The zero-order valence-corrected chi connectivity index (χ0v) is 14.6. The van der Waals surface area contributed by atoms with E-state index in [-0.39, 0.29) is 5.91 Å². The van der Waals surface area contributed by atoms with Crippen LogP contribution in [-0.2, 0) is 4.79 Å². The van der Waals surface area contributed by atoms with Crippen LogP contribution in [0.5, 0.6) is 0 Å². The summed E-state index contributed by atoms with van der Waals surface area (Å²) < 4.78 is 0. The predicted molar refractivity (Wildman–Crippen MR) is 93.6 cm³/mol. The first kappa shape index (κ1) is 16.7. The molecule has 0 spiro atoms. The molecule has 0 aromatic heterocycles. The van der Waals surface area contributed by atoms with Crippen molar-refractivity contribution in [3.63, 3.8) is 0 Å². The second-order valence-electron chi connectivity index (χ2n) is 6.72. The fourth-order valence-electron chi connectivity index (χ4n) is 3.13. The number of amides is 1. The molecular weight excluding hydrogens is 310 g/mol. The lowest BCUT2D eigenvalue weighted by atomic mass is 10.1. The Bertz CT molecular complexity index is 522. The van der Waals surface area contributed by atoms with Crippen molar-refractivity contribution in [2.45, 2.75) is 25.8 Å². The van der Waals surface area contributed by atoms with Gasteiger partial charge in [-0.05, 0) is 49.9 Å². The van der Waals surface area contributed by atoms with Gasteiger partial charge in [-0.3, -0.25) is 9.69 Å². The Kier molecular flexibility index (Phi) is 5.57. The van der Waals surface area contributed by atoms with Crippen molar-refractivity contribution in [1.29, 1.82) is 0 Å². The van der Waals surface area contributed by atoms with Gasteiger partial charge in [-0.2, -0.15) is 0 Å². The lowest BCUT2D eigenvalue weighted by molar-refractivity contribution is -0.132. The van der Waals surface area contributed by atoms with E-state index in [1.54, 1.807) is 0 Å². The highest BCUT2D eigenvalue weighted by Gasteiger charge is 2.25. The van der Waals surface area contributed by atoms with Crippen LogP contribution in [0.25, 0.3) is 0 Å². The summed E-state index contributed by atoms with van der Waals surface area (Å²) in [4.78, 5) is 16.6. The van der Waals surface area contributed by atoms with Gasteiger partial charge in [-0.15, -0.1) is 0 Å². The molecule has 4 nitrogen and oxygen atoms in total. The molecule has 5 heteroatoms. The summed E-state index contributed by atoms with van der Waals surface area (Å²) >= 11 is 5.96. The van der Waals surface area contributed by atoms with E-state index in [0.29, 0.717) is 12.6 Å². The minimum atomic E-state index is 0.240. The van der Waals surface area contributed by atoms with E-state index in [9.17, 15) is 4.79 Å². The smallest absolute Gasteiger partial charge is 0.236 e. The van der Waals surface area contributed by atoms with Gasteiger partial charge >= 0.3 is 0 Å². The molecule has 1 saturated heterocycles. The maximum absolute atomic E-state index is 12.2. The van der Waals surface area contributed by atoms with Crippen LogP contribution in [-0.4, -0.2) is 55.0 Å². The van der Waals surface area contributed by atoms with E-state index in [4.69, 9.17) is 11.6 Å². The lowest BCUT2D eigenvalue weighted by Crippen LogP contribution is -2.51. The normalized spacial score (nSPS) is 20.5. The Labute approximate surface area is 143 Å². The molecule has 1 aromatic rings. The predicted octanol–water partition coefficient (Wildman–Crippen LogP) is 2.54. The van der Waals surface area contributed by atoms with Crippen LogP contribution in [0.1, 0.15) is 31.4 Å². The van der Waals surface area contributed by atoms with Gasteiger partial charge in [-0.25, -0.2) is 0 Å². The van der Waals surface area contributed by atoms with Crippen LogP contribution in [0.15, 0.2) is 24.3 Å². The molecular formula is C18H26ClN3O. The van der Waals surface area contributed by atoms with E-state index in [2.05, 4.69) is 29.3 Å². The van der Waals surface area contributed by atoms with Gasteiger partial charge < -0.3 is 10.2 Å². The molecule has 1 amide bonds. The van der Waals surface area contributed by atoms with Gasteiger partial charge in [0.05, 0.1) is 6.54 Å². The summed E-state index contributed by atoms with van der Waals surface area (Å²) in [5.41, 5.74) is 1.28. The number of rotatable bonds is 6. The number of halogens is 1. The van der Waals surface area contributed by atoms with E-state index in [1.165, 1.54) is 18.4 Å². The van der Waals surface area contributed by atoms with Crippen LogP contribution >= 0.6 is 11.6 Å². The number of hydrogen-bond acceptors (Lipinski definition) is 3. The third-order valence-corrected chi connectivity index (χ3v) is 5.23. The largest absolute Gasteiger partial charge is 0.339 e. The van der Waals surface area contributed by atoms with Gasteiger partial charge in [-0.1, -0.05) is 23.7 Å². The quantitative estimate of drug-likeness (QED) is 0.867. The Morgan fingerprint density at radius 2 is 1.87 bits per heavy atom. The summed E-state index contributed by atoms with van der Waals surface area (Å²) in [6.07, 6.45) is 2.64. The number of nitrogens with one attached hydrogen (secondary N) is 1. The van der Waals surface area contributed by atoms with E-state index < -0.39 is 0 Å². The van der Waals surface area contributed by atoms with Crippen molar-refractivity contribution < 1.29 is 4.79 Å². The van der Waals surface area contributed by atoms with Crippen molar-refractivity contribution in [2.75, 3.05) is 39.3 Å². The van der Waals surface area contributed by atoms with Gasteiger partial charge in [0.15, 0.2) is 0 Å². The van der Waals surface area contributed by atoms with Crippen molar-refractivity contribution in [1.82, 2.24) is 15.1 Å². The van der Waals surface area contributed by atoms with Crippen LogP contribution in [0.2, 0.25) is 5.02 Å². The fraction of sp³-hybridized carbons (Fsp3) is 0.611. The van der Waals surface area contributed by atoms with Gasteiger partial charge in [0.1, 0.15) is 0 Å². The molecule has 1 atom stereocenters. The second kappa shape index (κ2) is 7.65. The molecule has 0 radical (unpaired) electrons. The summed E-state index contributed by atoms with van der Waals surface area (Å²) in [5, 5.41) is 4.07. The molecule has 126 valence electrons. The summed E-state index contributed by atoms with van der Waals surface area (Å²) in [7, 11) is 0. The summed E-state index contributed by atoms with van der Waals surface area (Å²) in [5.74, 6) is 1.06. The Morgan fingerprint density at radius 1 is 1.22 bits per heavy atom. The number of piperazine rings is 1. The van der Waals surface area contributed by atoms with Crippen LogP contribution in [0.3, 0.4) is 0 Å². The number of benzene rings is 1. The molecule has 1 aliphatic carbocycles. The first-order valence-corrected chi connectivity index (χ1v) is 8.99. The fourth-order valence-corrected chi connectivity index (χ4v) is 3.25. The maximum Gasteiger partial charge on any atom is 0.236 e. The lowest BCUT2D eigenvalue weighted by Gasteiger charge is -2.38. The molecule has 0 bridgehead atoms. The molecule has 1 saturated carbocycles. The second-order valence-corrected chi connectivity index (χ2v) is 7.15. The number of carbonyl (C=O) groups excluding carboxylic acids is 1. The van der Waals surface area contributed by atoms with Crippen LogP contribution < -0.4 is 5.32 Å². The Balaban J connectivity index is 1.43. The molecule has 1 aliphatic heterocycles. The van der Waals surface area contributed by atoms with E-state index in [0.717, 1.165) is 43.7 Å². The molecule has 23 heavy (non-hydrogen) atoms. The van der Waals surface area contributed by atoms with Crippen LogP contribution in [0, 0.1) is 5.92 Å².